The van der Waals surface area contributed by atoms with Crippen LogP contribution in [0.15, 0.2) is 27.6 Å². The number of benzene rings is 1. The molecule has 0 aromatic heterocycles. The van der Waals surface area contributed by atoms with Gasteiger partial charge in [0.2, 0.25) is 5.91 Å². The molecule has 0 heterocycles. The van der Waals surface area contributed by atoms with Gasteiger partial charge >= 0.3 is 0 Å². The van der Waals surface area contributed by atoms with Gasteiger partial charge in [-0.25, -0.2) is 8.42 Å². The summed E-state index contributed by atoms with van der Waals surface area (Å²) in [6, 6.07) is 4.20. The van der Waals surface area contributed by atoms with Crippen LogP contribution in [-0.4, -0.2) is 14.3 Å². The van der Waals surface area contributed by atoms with E-state index in [1.165, 1.54) is 18.2 Å². The first-order valence-electron chi connectivity index (χ1n) is 5.24. The molecular weight excluding hydrogens is 342 g/mol. The zero-order valence-electron chi connectivity index (χ0n) is 9.91. The predicted molar refractivity (Wildman–Crippen MR) is 75.3 cm³/mol. The van der Waals surface area contributed by atoms with Gasteiger partial charge in [0.25, 0.3) is 9.05 Å². The Hall–Kier alpha value is -0.590. The van der Waals surface area contributed by atoms with E-state index in [0.29, 0.717) is 16.6 Å². The van der Waals surface area contributed by atoms with Crippen molar-refractivity contribution >= 4 is 47.3 Å². The number of hydrogen-bond donors (Lipinski definition) is 1. The lowest BCUT2D eigenvalue weighted by atomic mass is 10.1. The first kappa shape index (κ1) is 15.5. The molecule has 1 amide bonds. The Balaban J connectivity index is 2.90. The number of anilines is 1. The van der Waals surface area contributed by atoms with Crippen LogP contribution >= 0.6 is 26.6 Å². The quantitative estimate of drug-likeness (QED) is 0.843. The highest BCUT2D eigenvalue weighted by molar-refractivity contribution is 9.10. The first-order valence-corrected chi connectivity index (χ1v) is 8.34. The molecular formula is C11H13BrClNO3S. The second-order valence-corrected chi connectivity index (χ2v) is 7.65. The Morgan fingerprint density at radius 1 is 1.44 bits per heavy atom. The summed E-state index contributed by atoms with van der Waals surface area (Å²) in [5, 5.41) is 2.70. The molecule has 0 saturated carbocycles. The predicted octanol–water partition coefficient (Wildman–Crippen LogP) is 3.36. The third kappa shape index (κ3) is 4.59. The second kappa shape index (κ2) is 6.04. The van der Waals surface area contributed by atoms with Gasteiger partial charge in [-0.05, 0) is 40.0 Å². The van der Waals surface area contributed by atoms with Crippen molar-refractivity contribution in [1.82, 2.24) is 0 Å². The summed E-state index contributed by atoms with van der Waals surface area (Å²) in [4.78, 5) is 11.6. The molecule has 1 aromatic rings. The molecule has 100 valence electrons. The fraction of sp³-hybridized carbons (Fsp3) is 0.364. The number of halogens is 2. The average Bonchev–Trinajstić information content (AvgIpc) is 2.18. The summed E-state index contributed by atoms with van der Waals surface area (Å²) < 4.78 is 22.7. The lowest BCUT2D eigenvalue weighted by molar-refractivity contribution is -0.116. The number of rotatable bonds is 4. The molecule has 1 aromatic carbocycles. The molecule has 0 aliphatic rings. The van der Waals surface area contributed by atoms with Crippen LogP contribution in [0.2, 0.25) is 0 Å². The highest BCUT2D eigenvalue weighted by atomic mass is 79.9. The number of carbonyl (C=O) groups excluding carboxylic acids is 1. The fourth-order valence-electron chi connectivity index (χ4n) is 1.32. The molecule has 7 heteroatoms. The van der Waals surface area contributed by atoms with Gasteiger partial charge in [-0.3, -0.25) is 4.79 Å². The maximum absolute atomic E-state index is 11.6. The van der Waals surface area contributed by atoms with Gasteiger partial charge in [0.05, 0.1) is 10.6 Å². The van der Waals surface area contributed by atoms with Gasteiger partial charge < -0.3 is 5.32 Å². The molecule has 0 bridgehead atoms. The first-order chi connectivity index (χ1) is 8.20. The third-order valence-electron chi connectivity index (χ3n) is 2.09. The largest absolute Gasteiger partial charge is 0.325 e. The molecule has 1 rings (SSSR count). The van der Waals surface area contributed by atoms with E-state index < -0.39 is 9.05 Å². The number of nitrogens with one attached hydrogen (secondary N) is 1. The van der Waals surface area contributed by atoms with Crippen LogP contribution in [0.4, 0.5) is 5.69 Å². The molecule has 0 fully saturated rings. The normalized spacial score (nSPS) is 11.6. The van der Waals surface area contributed by atoms with Crippen molar-refractivity contribution in [3.05, 3.63) is 22.7 Å². The Morgan fingerprint density at radius 2 is 2.06 bits per heavy atom. The van der Waals surface area contributed by atoms with E-state index in [1.807, 2.05) is 13.8 Å². The zero-order valence-corrected chi connectivity index (χ0v) is 13.1. The zero-order chi connectivity index (χ0) is 13.9. The van der Waals surface area contributed by atoms with Crippen molar-refractivity contribution in [3.8, 4) is 0 Å². The fourth-order valence-corrected chi connectivity index (χ4v) is 2.73. The van der Waals surface area contributed by atoms with Gasteiger partial charge in [0.1, 0.15) is 0 Å². The standard InChI is InChI=1S/C11H13BrClNO3S/c1-7(2)5-11(15)14-10-4-3-8(6-9(10)12)18(13,16)17/h3-4,6-7H,5H2,1-2H3,(H,14,15). The molecule has 0 unspecified atom stereocenters. The van der Waals surface area contributed by atoms with Gasteiger partial charge in [-0.15, -0.1) is 0 Å². The summed E-state index contributed by atoms with van der Waals surface area (Å²) in [6.07, 6.45) is 0.405. The summed E-state index contributed by atoms with van der Waals surface area (Å²) in [7, 11) is 1.46. The summed E-state index contributed by atoms with van der Waals surface area (Å²) in [5.41, 5.74) is 0.518. The summed E-state index contributed by atoms with van der Waals surface area (Å²) in [5.74, 6) is 0.137. The highest BCUT2D eigenvalue weighted by Gasteiger charge is 2.13. The summed E-state index contributed by atoms with van der Waals surface area (Å²) >= 11 is 3.20. The number of carbonyl (C=O) groups is 1. The minimum Gasteiger partial charge on any atom is -0.325 e. The van der Waals surface area contributed by atoms with Crippen molar-refractivity contribution < 1.29 is 13.2 Å². The third-order valence-corrected chi connectivity index (χ3v) is 4.10. The van der Waals surface area contributed by atoms with E-state index >= 15 is 0 Å². The molecule has 0 atom stereocenters. The van der Waals surface area contributed by atoms with Crippen LogP contribution < -0.4 is 5.32 Å². The highest BCUT2D eigenvalue weighted by Crippen LogP contribution is 2.27. The van der Waals surface area contributed by atoms with Crippen molar-refractivity contribution in [2.45, 2.75) is 25.2 Å². The Bertz CT molecular complexity index is 557. The lowest BCUT2D eigenvalue weighted by Gasteiger charge is -2.09. The molecule has 0 radical (unpaired) electrons. The smallest absolute Gasteiger partial charge is 0.261 e. The van der Waals surface area contributed by atoms with E-state index in [0.717, 1.165) is 0 Å². The summed E-state index contributed by atoms with van der Waals surface area (Å²) in [6.45, 7) is 3.88. The topological polar surface area (TPSA) is 63.2 Å². The van der Waals surface area contributed by atoms with Crippen LogP contribution in [0.3, 0.4) is 0 Å². The van der Waals surface area contributed by atoms with Crippen molar-refractivity contribution in [2.75, 3.05) is 5.32 Å². The SMILES string of the molecule is CC(C)CC(=O)Nc1ccc(S(=O)(=O)Cl)cc1Br. The van der Waals surface area contributed by atoms with E-state index in [4.69, 9.17) is 10.7 Å². The molecule has 4 nitrogen and oxygen atoms in total. The maximum Gasteiger partial charge on any atom is 0.261 e. The molecule has 0 saturated heterocycles. The Kier molecular flexibility index (Phi) is 5.19. The minimum atomic E-state index is -3.76. The van der Waals surface area contributed by atoms with E-state index in [-0.39, 0.29) is 16.7 Å². The van der Waals surface area contributed by atoms with Crippen LogP contribution in [0, 0.1) is 5.92 Å². The van der Waals surface area contributed by atoms with Crippen molar-refractivity contribution in [1.29, 1.82) is 0 Å². The van der Waals surface area contributed by atoms with E-state index in [1.54, 1.807) is 0 Å². The molecule has 0 aliphatic heterocycles. The average molecular weight is 355 g/mol. The van der Waals surface area contributed by atoms with Crippen molar-refractivity contribution in [3.63, 3.8) is 0 Å². The monoisotopic (exact) mass is 353 g/mol. The van der Waals surface area contributed by atoms with Crippen LogP contribution in [0.25, 0.3) is 0 Å². The number of hydrogen-bond acceptors (Lipinski definition) is 3. The molecule has 0 spiro atoms. The van der Waals surface area contributed by atoms with Gasteiger partial charge in [0.15, 0.2) is 0 Å². The maximum atomic E-state index is 11.6. The van der Waals surface area contributed by atoms with E-state index in [2.05, 4.69) is 21.2 Å². The minimum absolute atomic E-state index is 0.0158. The molecule has 18 heavy (non-hydrogen) atoms. The Labute approximate surface area is 119 Å². The second-order valence-electron chi connectivity index (χ2n) is 4.23. The van der Waals surface area contributed by atoms with E-state index in [9.17, 15) is 13.2 Å². The van der Waals surface area contributed by atoms with Crippen molar-refractivity contribution in [2.24, 2.45) is 5.92 Å². The number of amides is 1. The van der Waals surface area contributed by atoms with Gasteiger partial charge in [0, 0.05) is 21.6 Å². The Morgan fingerprint density at radius 3 is 2.50 bits per heavy atom. The van der Waals surface area contributed by atoms with Crippen LogP contribution in [0.1, 0.15) is 20.3 Å². The molecule has 1 N–H and O–H groups in total. The molecule has 0 aliphatic carbocycles. The van der Waals surface area contributed by atoms with Crippen LogP contribution in [0.5, 0.6) is 0 Å². The lowest BCUT2D eigenvalue weighted by Crippen LogP contribution is -2.14. The van der Waals surface area contributed by atoms with Crippen LogP contribution in [-0.2, 0) is 13.8 Å². The van der Waals surface area contributed by atoms with Gasteiger partial charge in [-0.2, -0.15) is 0 Å². The van der Waals surface area contributed by atoms with Gasteiger partial charge in [-0.1, -0.05) is 13.8 Å².